The second kappa shape index (κ2) is 9.34. The molecule has 0 aliphatic heterocycles. The summed E-state index contributed by atoms with van der Waals surface area (Å²) in [4.78, 5) is 25.0. The predicted molar refractivity (Wildman–Crippen MR) is 112 cm³/mol. The summed E-state index contributed by atoms with van der Waals surface area (Å²) in [6.45, 7) is 4.34. The van der Waals surface area contributed by atoms with Gasteiger partial charge in [-0.2, -0.15) is 0 Å². The molecular weight excluding hydrogens is 394 g/mol. The summed E-state index contributed by atoms with van der Waals surface area (Å²) in [6.07, 6.45) is 2.45. The maximum absolute atomic E-state index is 12.3. The van der Waals surface area contributed by atoms with Crippen LogP contribution in [0, 0.1) is 0 Å². The first-order chi connectivity index (χ1) is 13.6. The molecule has 2 aromatic heterocycles. The second-order valence-electron chi connectivity index (χ2n) is 5.80. The molecule has 7 nitrogen and oxygen atoms in total. The second-order valence-corrected chi connectivity index (χ2v) is 7.78. The number of allylic oxidation sites excluding steroid dienone is 1. The quantitative estimate of drug-likeness (QED) is 0.415. The first-order valence-corrected chi connectivity index (χ1v) is 10.3. The first-order valence-electron chi connectivity index (χ1n) is 8.45. The first kappa shape index (κ1) is 19.8. The lowest BCUT2D eigenvalue weighted by molar-refractivity contribution is -0.113. The fourth-order valence-corrected chi connectivity index (χ4v) is 4.03. The number of primary amides is 1. The lowest BCUT2D eigenvalue weighted by Crippen LogP contribution is -2.19. The van der Waals surface area contributed by atoms with Crippen LogP contribution in [0.2, 0.25) is 0 Å². The van der Waals surface area contributed by atoms with E-state index in [9.17, 15) is 9.59 Å². The highest BCUT2D eigenvalue weighted by Gasteiger charge is 2.15. The van der Waals surface area contributed by atoms with E-state index in [2.05, 4.69) is 22.1 Å². The van der Waals surface area contributed by atoms with Crippen LogP contribution in [0.15, 0.2) is 59.6 Å². The molecule has 0 saturated heterocycles. The number of amides is 2. The van der Waals surface area contributed by atoms with Crippen molar-refractivity contribution in [3.05, 3.63) is 70.7 Å². The summed E-state index contributed by atoms with van der Waals surface area (Å²) < 4.78 is 1.95. The van der Waals surface area contributed by atoms with Crippen molar-refractivity contribution in [1.29, 1.82) is 0 Å². The monoisotopic (exact) mass is 413 g/mol. The fourth-order valence-electron chi connectivity index (χ4n) is 2.56. The molecule has 9 heteroatoms. The Morgan fingerprint density at radius 1 is 1.25 bits per heavy atom. The molecule has 0 saturated carbocycles. The van der Waals surface area contributed by atoms with E-state index in [1.54, 1.807) is 41.7 Å². The number of nitrogens with two attached hydrogens (primary N) is 1. The van der Waals surface area contributed by atoms with Crippen LogP contribution in [0.4, 0.5) is 5.69 Å². The summed E-state index contributed by atoms with van der Waals surface area (Å²) in [5.74, 6) is 0.102. The van der Waals surface area contributed by atoms with Crippen molar-refractivity contribution < 1.29 is 9.59 Å². The van der Waals surface area contributed by atoms with Crippen LogP contribution in [-0.2, 0) is 17.8 Å². The molecular formula is C19H19N5O2S2. The number of nitrogens with one attached hydrogen (secondary N) is 1. The zero-order valence-electron chi connectivity index (χ0n) is 15.0. The number of hydrogen-bond donors (Lipinski definition) is 2. The molecule has 3 aromatic rings. The van der Waals surface area contributed by atoms with Gasteiger partial charge in [0.2, 0.25) is 5.91 Å². The zero-order chi connectivity index (χ0) is 19.9. The normalized spacial score (nSPS) is 10.6. The SMILES string of the molecule is C=CCn1c(Cc2cccs2)nnc1SCC(=O)Nc1ccccc1C(N)=O. The number of hydrogen-bond acceptors (Lipinski definition) is 6. The van der Waals surface area contributed by atoms with Crippen LogP contribution in [0.5, 0.6) is 0 Å². The van der Waals surface area contributed by atoms with Crippen LogP contribution in [0.25, 0.3) is 0 Å². The molecule has 0 fully saturated rings. The Hall–Kier alpha value is -2.91. The third-order valence-corrected chi connectivity index (χ3v) is 5.66. The van der Waals surface area contributed by atoms with Gasteiger partial charge in [-0.3, -0.25) is 9.59 Å². The molecule has 3 N–H and O–H groups in total. The highest BCUT2D eigenvalue weighted by molar-refractivity contribution is 7.99. The van der Waals surface area contributed by atoms with Gasteiger partial charge in [0.1, 0.15) is 5.82 Å². The minimum Gasteiger partial charge on any atom is -0.366 e. The molecule has 144 valence electrons. The molecule has 0 bridgehead atoms. The Labute approximate surface area is 170 Å². The third-order valence-electron chi connectivity index (χ3n) is 3.82. The summed E-state index contributed by atoms with van der Waals surface area (Å²) >= 11 is 2.94. The third kappa shape index (κ3) is 4.87. The standard InChI is InChI=1S/C19H19N5O2S2/c1-2-9-24-16(11-13-6-5-10-27-13)22-23-19(24)28-12-17(25)21-15-8-4-3-7-14(15)18(20)26/h2-8,10H,1,9,11-12H2,(H2,20,26)(H,21,25). The molecule has 2 amide bonds. The van der Waals surface area contributed by atoms with Crippen molar-refractivity contribution in [3.63, 3.8) is 0 Å². The fraction of sp³-hybridized carbons (Fsp3) is 0.158. The van der Waals surface area contributed by atoms with Gasteiger partial charge < -0.3 is 15.6 Å². The summed E-state index contributed by atoms with van der Waals surface area (Å²) in [5, 5.41) is 13.9. The molecule has 2 heterocycles. The lowest BCUT2D eigenvalue weighted by atomic mass is 10.1. The Morgan fingerprint density at radius 3 is 2.79 bits per heavy atom. The van der Waals surface area contributed by atoms with Gasteiger partial charge in [0.15, 0.2) is 5.16 Å². The molecule has 0 spiro atoms. The Morgan fingerprint density at radius 2 is 2.07 bits per heavy atom. The number of anilines is 1. The van der Waals surface area contributed by atoms with Crippen molar-refractivity contribution in [1.82, 2.24) is 14.8 Å². The van der Waals surface area contributed by atoms with E-state index >= 15 is 0 Å². The highest BCUT2D eigenvalue weighted by Crippen LogP contribution is 2.21. The van der Waals surface area contributed by atoms with Crippen LogP contribution >= 0.6 is 23.1 Å². The predicted octanol–water partition coefficient (Wildman–Crippen LogP) is 2.95. The molecule has 1 aromatic carbocycles. The minimum atomic E-state index is -0.590. The number of nitrogens with zero attached hydrogens (tertiary/aromatic N) is 3. The molecule has 3 rings (SSSR count). The van der Waals surface area contributed by atoms with Crippen LogP contribution < -0.4 is 11.1 Å². The van der Waals surface area contributed by atoms with E-state index in [0.717, 1.165) is 5.82 Å². The zero-order valence-corrected chi connectivity index (χ0v) is 16.6. The number of carbonyl (C=O) groups excluding carboxylic acids is 2. The van der Waals surface area contributed by atoms with E-state index < -0.39 is 5.91 Å². The number of thiophene rings is 1. The van der Waals surface area contributed by atoms with Crippen molar-refractivity contribution in [3.8, 4) is 0 Å². The van der Waals surface area contributed by atoms with E-state index in [1.807, 2.05) is 22.1 Å². The van der Waals surface area contributed by atoms with Crippen molar-refractivity contribution in [2.45, 2.75) is 18.1 Å². The maximum atomic E-state index is 12.3. The summed E-state index contributed by atoms with van der Waals surface area (Å²) in [7, 11) is 0. The van der Waals surface area contributed by atoms with Crippen LogP contribution in [-0.4, -0.2) is 32.3 Å². The number of carbonyl (C=O) groups is 2. The maximum Gasteiger partial charge on any atom is 0.250 e. The van der Waals surface area contributed by atoms with E-state index in [1.165, 1.54) is 16.6 Å². The van der Waals surface area contributed by atoms with E-state index in [4.69, 9.17) is 5.73 Å². The molecule has 0 aliphatic carbocycles. The van der Waals surface area contributed by atoms with Gasteiger partial charge in [-0.15, -0.1) is 28.1 Å². The number of benzene rings is 1. The number of aromatic nitrogens is 3. The van der Waals surface area contributed by atoms with Gasteiger partial charge in [0, 0.05) is 17.8 Å². The smallest absolute Gasteiger partial charge is 0.250 e. The van der Waals surface area contributed by atoms with E-state index in [-0.39, 0.29) is 17.2 Å². The number of para-hydroxylation sites is 1. The Balaban J connectivity index is 1.67. The molecule has 0 atom stereocenters. The summed E-state index contributed by atoms with van der Waals surface area (Å²) in [6, 6.07) is 10.7. The Kier molecular flexibility index (Phi) is 6.62. The lowest BCUT2D eigenvalue weighted by Gasteiger charge is -2.09. The van der Waals surface area contributed by atoms with Gasteiger partial charge >= 0.3 is 0 Å². The molecule has 0 aliphatic rings. The topological polar surface area (TPSA) is 103 Å². The van der Waals surface area contributed by atoms with Gasteiger partial charge in [0.25, 0.3) is 5.91 Å². The average molecular weight is 414 g/mol. The van der Waals surface area contributed by atoms with Crippen LogP contribution in [0.1, 0.15) is 21.1 Å². The van der Waals surface area contributed by atoms with Gasteiger partial charge in [0.05, 0.1) is 17.0 Å². The Bertz CT molecular complexity index is 982. The average Bonchev–Trinajstić information content (AvgIpc) is 3.32. The van der Waals surface area contributed by atoms with Crippen molar-refractivity contribution in [2.24, 2.45) is 5.73 Å². The largest absolute Gasteiger partial charge is 0.366 e. The number of thioether (sulfide) groups is 1. The van der Waals surface area contributed by atoms with Gasteiger partial charge in [-0.1, -0.05) is 36.0 Å². The van der Waals surface area contributed by atoms with Crippen molar-refractivity contribution in [2.75, 3.05) is 11.1 Å². The van der Waals surface area contributed by atoms with Gasteiger partial charge in [-0.05, 0) is 23.6 Å². The van der Waals surface area contributed by atoms with Crippen LogP contribution in [0.3, 0.4) is 0 Å². The summed E-state index contributed by atoms with van der Waals surface area (Å²) in [5.41, 5.74) is 6.01. The minimum absolute atomic E-state index is 0.126. The molecule has 0 unspecified atom stereocenters. The highest BCUT2D eigenvalue weighted by atomic mass is 32.2. The number of rotatable bonds is 9. The molecule has 28 heavy (non-hydrogen) atoms. The molecule has 0 radical (unpaired) electrons. The van der Waals surface area contributed by atoms with Crippen molar-refractivity contribution >= 4 is 40.6 Å². The van der Waals surface area contributed by atoms with E-state index in [0.29, 0.717) is 23.8 Å². The van der Waals surface area contributed by atoms with Gasteiger partial charge in [-0.25, -0.2) is 0 Å².